The first-order valence-corrected chi connectivity index (χ1v) is 6.76. The van der Waals surface area contributed by atoms with Crippen molar-refractivity contribution in [3.63, 3.8) is 0 Å². The van der Waals surface area contributed by atoms with E-state index in [1.165, 1.54) is 0 Å². The SMILES string of the molecule is CCCSCC(O)Cc1ccccc1Cl. The summed E-state index contributed by atoms with van der Waals surface area (Å²) in [6, 6.07) is 7.69. The summed E-state index contributed by atoms with van der Waals surface area (Å²) in [6.07, 6.45) is 1.52. The van der Waals surface area contributed by atoms with Gasteiger partial charge in [-0.05, 0) is 23.8 Å². The average Bonchev–Trinajstić information content (AvgIpc) is 2.22. The lowest BCUT2D eigenvalue weighted by Crippen LogP contribution is -2.14. The first kappa shape index (κ1) is 12.9. The Morgan fingerprint density at radius 3 is 2.80 bits per heavy atom. The minimum atomic E-state index is -0.290. The van der Waals surface area contributed by atoms with Crippen molar-refractivity contribution in [1.29, 1.82) is 0 Å². The van der Waals surface area contributed by atoms with Crippen molar-refractivity contribution in [1.82, 2.24) is 0 Å². The molecule has 1 aromatic carbocycles. The maximum atomic E-state index is 9.77. The Labute approximate surface area is 101 Å². The molecule has 0 saturated heterocycles. The number of aliphatic hydroxyl groups excluding tert-OH is 1. The van der Waals surface area contributed by atoms with Gasteiger partial charge in [-0.2, -0.15) is 11.8 Å². The first-order chi connectivity index (χ1) is 7.24. The third-order valence-electron chi connectivity index (χ3n) is 2.07. The van der Waals surface area contributed by atoms with E-state index in [9.17, 15) is 5.11 Å². The van der Waals surface area contributed by atoms with Gasteiger partial charge in [0, 0.05) is 17.2 Å². The predicted molar refractivity (Wildman–Crippen MR) is 68.8 cm³/mol. The number of benzene rings is 1. The molecule has 0 spiro atoms. The van der Waals surface area contributed by atoms with Crippen molar-refractivity contribution in [3.8, 4) is 0 Å². The Morgan fingerprint density at radius 1 is 1.40 bits per heavy atom. The second-order valence-corrected chi connectivity index (χ2v) is 5.08. The minimum Gasteiger partial charge on any atom is -0.392 e. The van der Waals surface area contributed by atoms with Gasteiger partial charge in [-0.1, -0.05) is 36.7 Å². The molecule has 0 heterocycles. The number of hydrogen-bond donors (Lipinski definition) is 1. The molecule has 3 heteroatoms. The fraction of sp³-hybridized carbons (Fsp3) is 0.500. The second-order valence-electron chi connectivity index (χ2n) is 3.52. The van der Waals surface area contributed by atoms with Gasteiger partial charge in [0.15, 0.2) is 0 Å². The molecule has 0 saturated carbocycles. The summed E-state index contributed by atoms with van der Waals surface area (Å²) in [6.45, 7) is 2.15. The summed E-state index contributed by atoms with van der Waals surface area (Å²) >= 11 is 7.81. The number of hydrogen-bond acceptors (Lipinski definition) is 2. The number of aliphatic hydroxyl groups is 1. The zero-order valence-electron chi connectivity index (χ0n) is 8.95. The Bertz CT molecular complexity index is 291. The molecule has 0 amide bonds. The Morgan fingerprint density at radius 2 is 2.13 bits per heavy atom. The topological polar surface area (TPSA) is 20.2 Å². The molecular weight excluding hydrogens is 228 g/mol. The first-order valence-electron chi connectivity index (χ1n) is 5.23. The van der Waals surface area contributed by atoms with E-state index in [-0.39, 0.29) is 6.10 Å². The van der Waals surface area contributed by atoms with E-state index in [4.69, 9.17) is 11.6 Å². The van der Waals surface area contributed by atoms with Crippen LogP contribution in [-0.2, 0) is 6.42 Å². The molecule has 1 unspecified atom stereocenters. The van der Waals surface area contributed by atoms with E-state index >= 15 is 0 Å². The van der Waals surface area contributed by atoms with Crippen LogP contribution in [0.5, 0.6) is 0 Å². The van der Waals surface area contributed by atoms with Crippen molar-refractivity contribution in [2.24, 2.45) is 0 Å². The number of halogens is 1. The Kier molecular flexibility index (Phi) is 6.15. The lowest BCUT2D eigenvalue weighted by Gasteiger charge is -2.10. The summed E-state index contributed by atoms with van der Waals surface area (Å²) in [4.78, 5) is 0. The van der Waals surface area contributed by atoms with Crippen molar-refractivity contribution in [3.05, 3.63) is 34.9 Å². The lowest BCUT2D eigenvalue weighted by molar-refractivity contribution is 0.200. The van der Waals surface area contributed by atoms with Crippen LogP contribution in [-0.4, -0.2) is 22.7 Å². The van der Waals surface area contributed by atoms with Crippen LogP contribution in [0.2, 0.25) is 5.02 Å². The third kappa shape index (κ3) is 4.92. The third-order valence-corrected chi connectivity index (χ3v) is 3.76. The Balaban J connectivity index is 2.37. The van der Waals surface area contributed by atoms with E-state index in [0.717, 1.165) is 28.5 Å². The quantitative estimate of drug-likeness (QED) is 0.775. The predicted octanol–water partition coefficient (Wildman–Crippen LogP) is 3.39. The molecule has 0 aromatic heterocycles. The fourth-order valence-electron chi connectivity index (χ4n) is 1.34. The van der Waals surface area contributed by atoms with Crippen LogP contribution in [0.1, 0.15) is 18.9 Å². The largest absolute Gasteiger partial charge is 0.392 e. The van der Waals surface area contributed by atoms with Crippen molar-refractivity contribution >= 4 is 23.4 Å². The van der Waals surface area contributed by atoms with E-state index in [1.807, 2.05) is 24.3 Å². The average molecular weight is 245 g/mol. The van der Waals surface area contributed by atoms with Crippen molar-refractivity contribution < 1.29 is 5.11 Å². The molecule has 1 nitrogen and oxygen atoms in total. The second kappa shape index (κ2) is 7.15. The maximum Gasteiger partial charge on any atom is 0.0671 e. The summed E-state index contributed by atoms with van der Waals surface area (Å²) in [5, 5.41) is 10.5. The van der Waals surface area contributed by atoms with Crippen LogP contribution >= 0.6 is 23.4 Å². The van der Waals surface area contributed by atoms with Gasteiger partial charge in [-0.3, -0.25) is 0 Å². The number of thioether (sulfide) groups is 1. The van der Waals surface area contributed by atoms with Crippen molar-refractivity contribution in [2.75, 3.05) is 11.5 Å². The summed E-state index contributed by atoms with van der Waals surface area (Å²) in [5.41, 5.74) is 1.03. The van der Waals surface area contributed by atoms with Gasteiger partial charge in [0.1, 0.15) is 0 Å². The highest BCUT2D eigenvalue weighted by atomic mass is 35.5. The smallest absolute Gasteiger partial charge is 0.0671 e. The van der Waals surface area contributed by atoms with Crippen LogP contribution < -0.4 is 0 Å². The molecule has 0 aliphatic rings. The van der Waals surface area contributed by atoms with E-state index < -0.39 is 0 Å². The highest BCUT2D eigenvalue weighted by Gasteiger charge is 2.07. The Hall–Kier alpha value is -0.180. The van der Waals surface area contributed by atoms with Crippen LogP contribution in [0.4, 0.5) is 0 Å². The molecule has 1 aromatic rings. The highest BCUT2D eigenvalue weighted by Crippen LogP contribution is 2.18. The molecular formula is C12H17ClOS. The molecule has 0 aliphatic carbocycles. The van der Waals surface area contributed by atoms with Crippen LogP contribution in [0.25, 0.3) is 0 Å². The molecule has 84 valence electrons. The van der Waals surface area contributed by atoms with Gasteiger partial charge in [-0.25, -0.2) is 0 Å². The van der Waals surface area contributed by atoms with Gasteiger partial charge in [-0.15, -0.1) is 0 Å². The molecule has 1 N–H and O–H groups in total. The van der Waals surface area contributed by atoms with E-state index in [1.54, 1.807) is 11.8 Å². The number of rotatable bonds is 6. The van der Waals surface area contributed by atoms with Crippen LogP contribution in [0.3, 0.4) is 0 Å². The molecule has 0 radical (unpaired) electrons. The fourth-order valence-corrected chi connectivity index (χ4v) is 2.40. The van der Waals surface area contributed by atoms with Gasteiger partial charge < -0.3 is 5.11 Å². The van der Waals surface area contributed by atoms with Gasteiger partial charge in [0.25, 0.3) is 0 Å². The monoisotopic (exact) mass is 244 g/mol. The lowest BCUT2D eigenvalue weighted by atomic mass is 10.1. The standard InChI is InChI=1S/C12H17ClOS/c1-2-7-15-9-11(14)8-10-5-3-4-6-12(10)13/h3-6,11,14H,2,7-9H2,1H3. The molecule has 0 aliphatic heterocycles. The van der Waals surface area contributed by atoms with E-state index in [2.05, 4.69) is 6.92 Å². The summed E-state index contributed by atoms with van der Waals surface area (Å²) < 4.78 is 0. The molecule has 0 bridgehead atoms. The molecule has 1 rings (SSSR count). The van der Waals surface area contributed by atoms with Gasteiger partial charge in [0.05, 0.1) is 6.10 Å². The molecule has 15 heavy (non-hydrogen) atoms. The van der Waals surface area contributed by atoms with Crippen LogP contribution in [0.15, 0.2) is 24.3 Å². The normalized spacial score (nSPS) is 12.7. The highest BCUT2D eigenvalue weighted by molar-refractivity contribution is 7.99. The van der Waals surface area contributed by atoms with E-state index in [0.29, 0.717) is 6.42 Å². The van der Waals surface area contributed by atoms with Crippen molar-refractivity contribution in [2.45, 2.75) is 25.9 Å². The minimum absolute atomic E-state index is 0.290. The zero-order valence-corrected chi connectivity index (χ0v) is 10.5. The van der Waals surface area contributed by atoms with Gasteiger partial charge in [0.2, 0.25) is 0 Å². The zero-order chi connectivity index (χ0) is 11.1. The summed E-state index contributed by atoms with van der Waals surface area (Å²) in [7, 11) is 0. The molecule has 0 fully saturated rings. The van der Waals surface area contributed by atoms with Crippen LogP contribution in [0, 0.1) is 0 Å². The molecule has 1 atom stereocenters. The summed E-state index contributed by atoms with van der Waals surface area (Å²) in [5.74, 6) is 1.90. The maximum absolute atomic E-state index is 9.77. The van der Waals surface area contributed by atoms with Gasteiger partial charge >= 0.3 is 0 Å².